The summed E-state index contributed by atoms with van der Waals surface area (Å²) in [6, 6.07) is 4.44. The second-order valence-electron chi connectivity index (χ2n) is 7.27. The van der Waals surface area contributed by atoms with Crippen molar-refractivity contribution >= 4 is 6.09 Å². The molecular weight excluding hydrogens is 297 g/mol. The highest BCUT2D eigenvalue weighted by atomic mass is 19.1. The lowest BCUT2D eigenvalue weighted by Crippen LogP contribution is -2.44. The van der Waals surface area contributed by atoms with Crippen molar-refractivity contribution in [3.8, 4) is 0 Å². The Morgan fingerprint density at radius 2 is 2.13 bits per heavy atom. The van der Waals surface area contributed by atoms with Gasteiger partial charge in [-0.3, -0.25) is 0 Å². The molecule has 4 nitrogen and oxygen atoms in total. The quantitative estimate of drug-likeness (QED) is 0.900. The predicted molar refractivity (Wildman–Crippen MR) is 86.6 cm³/mol. The summed E-state index contributed by atoms with van der Waals surface area (Å²) in [6.45, 7) is 8.39. The number of carbonyl (C=O) groups excluding carboxylic acids is 1. The van der Waals surface area contributed by atoms with Crippen molar-refractivity contribution in [2.45, 2.75) is 52.2 Å². The summed E-state index contributed by atoms with van der Waals surface area (Å²) in [5.41, 5.74) is 0.913. The molecule has 128 valence electrons. The Bertz CT molecular complexity index is 568. The Kier molecular flexibility index (Phi) is 5.30. The zero-order chi connectivity index (χ0) is 17.2. The van der Waals surface area contributed by atoms with Gasteiger partial charge in [0.15, 0.2) is 0 Å². The fourth-order valence-corrected chi connectivity index (χ4v) is 2.94. The van der Waals surface area contributed by atoms with Crippen molar-refractivity contribution in [3.05, 3.63) is 35.1 Å². The number of benzene rings is 1. The van der Waals surface area contributed by atoms with Gasteiger partial charge in [0.1, 0.15) is 11.4 Å². The molecule has 2 atom stereocenters. The van der Waals surface area contributed by atoms with Crippen LogP contribution in [0, 0.1) is 18.7 Å². The second-order valence-corrected chi connectivity index (χ2v) is 7.27. The van der Waals surface area contributed by atoms with E-state index in [4.69, 9.17) is 4.74 Å². The van der Waals surface area contributed by atoms with Gasteiger partial charge in [-0.25, -0.2) is 9.18 Å². The van der Waals surface area contributed by atoms with Crippen molar-refractivity contribution in [1.82, 2.24) is 4.90 Å². The summed E-state index contributed by atoms with van der Waals surface area (Å²) in [6.07, 6.45) is 0.465. The maximum atomic E-state index is 13.5. The van der Waals surface area contributed by atoms with Crippen molar-refractivity contribution in [3.63, 3.8) is 0 Å². The number of nitrogens with zero attached hydrogens (tertiary/aromatic N) is 1. The highest BCUT2D eigenvalue weighted by Gasteiger charge is 2.32. The van der Waals surface area contributed by atoms with Crippen LogP contribution in [0.25, 0.3) is 0 Å². The Morgan fingerprint density at radius 1 is 1.43 bits per heavy atom. The second kappa shape index (κ2) is 6.87. The molecule has 1 saturated heterocycles. The van der Waals surface area contributed by atoms with E-state index in [1.807, 2.05) is 27.7 Å². The average Bonchev–Trinajstić information content (AvgIpc) is 2.47. The van der Waals surface area contributed by atoms with Crippen LogP contribution in [0.4, 0.5) is 9.18 Å². The highest BCUT2D eigenvalue weighted by Crippen LogP contribution is 2.32. The number of carbonyl (C=O) groups is 1. The molecule has 1 fully saturated rings. The largest absolute Gasteiger partial charge is 0.444 e. The molecule has 1 unspecified atom stereocenters. The fraction of sp³-hybridized carbons (Fsp3) is 0.611. The zero-order valence-electron chi connectivity index (χ0n) is 14.3. The summed E-state index contributed by atoms with van der Waals surface area (Å²) in [5.74, 6) is -0.471. The van der Waals surface area contributed by atoms with Crippen LogP contribution in [-0.4, -0.2) is 34.8 Å². The molecule has 0 radical (unpaired) electrons. The molecule has 0 aliphatic carbocycles. The van der Waals surface area contributed by atoms with E-state index in [2.05, 4.69) is 0 Å². The van der Waals surface area contributed by atoms with E-state index < -0.39 is 11.7 Å². The molecule has 0 saturated carbocycles. The number of amides is 1. The maximum Gasteiger partial charge on any atom is 0.410 e. The van der Waals surface area contributed by atoms with Crippen LogP contribution in [0.2, 0.25) is 0 Å². The standard InChI is InChI=1S/C18H26FNO3/c1-12-7-8-14(19)10-15(12)16(21)13-6-5-9-20(11-13)17(22)23-18(2,3)4/h7-8,10,13,16,21H,5-6,9,11H2,1-4H3/t13?,16-/m1/s1. The fourth-order valence-electron chi connectivity index (χ4n) is 2.94. The number of hydrogen-bond donors (Lipinski definition) is 1. The minimum Gasteiger partial charge on any atom is -0.444 e. The summed E-state index contributed by atoms with van der Waals surface area (Å²) in [4.78, 5) is 13.8. The zero-order valence-corrected chi connectivity index (χ0v) is 14.3. The van der Waals surface area contributed by atoms with E-state index in [0.29, 0.717) is 18.7 Å². The first-order chi connectivity index (χ1) is 10.7. The van der Waals surface area contributed by atoms with E-state index in [1.165, 1.54) is 12.1 Å². The van der Waals surface area contributed by atoms with Gasteiger partial charge in [0.2, 0.25) is 0 Å². The van der Waals surface area contributed by atoms with Gasteiger partial charge >= 0.3 is 6.09 Å². The van der Waals surface area contributed by atoms with Gasteiger partial charge in [0.05, 0.1) is 6.10 Å². The Hall–Kier alpha value is -1.62. The molecule has 2 rings (SSSR count). The topological polar surface area (TPSA) is 49.8 Å². The van der Waals surface area contributed by atoms with Crippen molar-refractivity contribution < 1.29 is 19.0 Å². The molecule has 0 aromatic heterocycles. The molecule has 1 heterocycles. The van der Waals surface area contributed by atoms with Gasteiger partial charge in [-0.05, 0) is 63.8 Å². The van der Waals surface area contributed by atoms with Crippen molar-refractivity contribution in [2.75, 3.05) is 13.1 Å². The summed E-state index contributed by atoms with van der Waals surface area (Å²) in [7, 11) is 0. The third kappa shape index (κ3) is 4.67. The number of likely N-dealkylation sites (tertiary alicyclic amines) is 1. The van der Waals surface area contributed by atoms with Gasteiger partial charge in [0, 0.05) is 19.0 Å². The summed E-state index contributed by atoms with van der Waals surface area (Å²) >= 11 is 0. The lowest BCUT2D eigenvalue weighted by atomic mass is 9.87. The summed E-state index contributed by atoms with van der Waals surface area (Å²) in [5, 5.41) is 10.6. The normalized spacial score (nSPS) is 20.3. The molecule has 0 spiro atoms. The lowest BCUT2D eigenvalue weighted by molar-refractivity contribution is 0.00226. The van der Waals surface area contributed by atoms with Gasteiger partial charge in [-0.1, -0.05) is 6.07 Å². The van der Waals surface area contributed by atoms with E-state index in [9.17, 15) is 14.3 Å². The van der Waals surface area contributed by atoms with Crippen molar-refractivity contribution in [1.29, 1.82) is 0 Å². The van der Waals surface area contributed by atoms with Crippen LogP contribution in [-0.2, 0) is 4.74 Å². The minimum absolute atomic E-state index is 0.114. The third-order valence-electron chi connectivity index (χ3n) is 4.12. The molecule has 23 heavy (non-hydrogen) atoms. The summed E-state index contributed by atoms with van der Waals surface area (Å²) < 4.78 is 18.9. The number of aryl methyl sites for hydroxylation is 1. The van der Waals surface area contributed by atoms with E-state index in [-0.39, 0.29) is 17.8 Å². The molecule has 1 aromatic carbocycles. The SMILES string of the molecule is Cc1ccc(F)cc1[C@H](O)C1CCCN(C(=O)OC(C)(C)C)C1. The molecule has 5 heteroatoms. The molecule has 1 aliphatic rings. The first-order valence-corrected chi connectivity index (χ1v) is 8.09. The number of rotatable bonds is 2. The molecular formula is C18H26FNO3. The van der Waals surface area contributed by atoms with Gasteiger partial charge < -0.3 is 14.7 Å². The van der Waals surface area contributed by atoms with E-state index in [0.717, 1.165) is 18.4 Å². The Balaban J connectivity index is 2.08. The molecule has 0 bridgehead atoms. The predicted octanol–water partition coefficient (Wildman–Crippen LogP) is 3.81. The van der Waals surface area contributed by atoms with Crippen LogP contribution in [0.1, 0.15) is 50.8 Å². The lowest BCUT2D eigenvalue weighted by Gasteiger charge is -2.36. The minimum atomic E-state index is -0.782. The first kappa shape index (κ1) is 17.7. The van der Waals surface area contributed by atoms with Crippen molar-refractivity contribution in [2.24, 2.45) is 5.92 Å². The Morgan fingerprint density at radius 3 is 2.78 bits per heavy atom. The van der Waals surface area contributed by atoms with Gasteiger partial charge in [-0.15, -0.1) is 0 Å². The van der Waals surface area contributed by atoms with E-state index in [1.54, 1.807) is 11.0 Å². The number of piperidine rings is 1. The number of hydrogen-bond acceptors (Lipinski definition) is 3. The third-order valence-corrected chi connectivity index (χ3v) is 4.12. The highest BCUT2D eigenvalue weighted by molar-refractivity contribution is 5.68. The monoisotopic (exact) mass is 323 g/mol. The Labute approximate surface area is 137 Å². The number of aliphatic hydroxyl groups is 1. The van der Waals surface area contributed by atoms with Crippen LogP contribution < -0.4 is 0 Å². The smallest absolute Gasteiger partial charge is 0.410 e. The van der Waals surface area contributed by atoms with E-state index >= 15 is 0 Å². The average molecular weight is 323 g/mol. The number of halogens is 1. The number of ether oxygens (including phenoxy) is 1. The van der Waals surface area contributed by atoms with Crippen LogP contribution in [0.5, 0.6) is 0 Å². The van der Waals surface area contributed by atoms with Crippen LogP contribution in [0.15, 0.2) is 18.2 Å². The van der Waals surface area contributed by atoms with Crippen LogP contribution >= 0.6 is 0 Å². The maximum absolute atomic E-state index is 13.5. The van der Waals surface area contributed by atoms with Crippen LogP contribution in [0.3, 0.4) is 0 Å². The van der Waals surface area contributed by atoms with Gasteiger partial charge in [-0.2, -0.15) is 0 Å². The molecule has 1 amide bonds. The molecule has 1 aliphatic heterocycles. The molecule has 1 N–H and O–H groups in total. The molecule has 1 aromatic rings. The number of aliphatic hydroxyl groups excluding tert-OH is 1. The first-order valence-electron chi connectivity index (χ1n) is 8.09. The van der Waals surface area contributed by atoms with Gasteiger partial charge in [0.25, 0.3) is 0 Å².